The lowest BCUT2D eigenvalue weighted by Gasteiger charge is -2.17. The minimum atomic E-state index is -0.499. The van der Waals surface area contributed by atoms with Crippen molar-refractivity contribution in [1.29, 1.82) is 0 Å². The van der Waals surface area contributed by atoms with Crippen molar-refractivity contribution in [2.24, 2.45) is 0 Å². The van der Waals surface area contributed by atoms with Crippen molar-refractivity contribution in [2.45, 2.75) is 26.8 Å². The number of benzene rings is 2. The van der Waals surface area contributed by atoms with Crippen LogP contribution < -0.4 is 10.2 Å². The van der Waals surface area contributed by atoms with Gasteiger partial charge in [0.2, 0.25) is 5.91 Å². The SMILES string of the molecule is Cc1nn(CC(=O)Nc2ccc(C(=O)N3CCc4ccccc43)cc2)c(C)c1[N+](=O)[O-]. The molecular formula is C22H21N5O4. The first kappa shape index (κ1) is 20.3. The van der Waals surface area contributed by atoms with E-state index < -0.39 is 4.92 Å². The lowest BCUT2D eigenvalue weighted by atomic mass is 10.1. The third-order valence-electron chi connectivity index (χ3n) is 5.37. The Balaban J connectivity index is 1.42. The van der Waals surface area contributed by atoms with Crippen molar-refractivity contribution in [2.75, 3.05) is 16.8 Å². The number of anilines is 2. The summed E-state index contributed by atoms with van der Waals surface area (Å²) in [7, 11) is 0. The molecule has 9 heteroatoms. The highest BCUT2D eigenvalue weighted by Crippen LogP contribution is 2.29. The number of carbonyl (C=O) groups is 2. The number of amides is 2. The van der Waals surface area contributed by atoms with Gasteiger partial charge in [0.25, 0.3) is 5.91 Å². The zero-order chi connectivity index (χ0) is 22.1. The average Bonchev–Trinajstić information content (AvgIpc) is 3.28. The first-order chi connectivity index (χ1) is 14.8. The van der Waals surface area contributed by atoms with Gasteiger partial charge in [-0.3, -0.25) is 24.4 Å². The molecule has 9 nitrogen and oxygen atoms in total. The van der Waals surface area contributed by atoms with Crippen molar-refractivity contribution in [3.63, 3.8) is 0 Å². The van der Waals surface area contributed by atoms with E-state index in [4.69, 9.17) is 0 Å². The Morgan fingerprint density at radius 2 is 1.84 bits per heavy atom. The molecule has 31 heavy (non-hydrogen) atoms. The highest BCUT2D eigenvalue weighted by molar-refractivity contribution is 6.07. The maximum absolute atomic E-state index is 12.9. The summed E-state index contributed by atoms with van der Waals surface area (Å²) >= 11 is 0. The summed E-state index contributed by atoms with van der Waals surface area (Å²) in [5.74, 6) is -0.453. The van der Waals surface area contributed by atoms with Crippen molar-refractivity contribution in [1.82, 2.24) is 9.78 Å². The van der Waals surface area contributed by atoms with E-state index in [2.05, 4.69) is 10.4 Å². The van der Waals surface area contributed by atoms with Crippen LogP contribution in [-0.4, -0.2) is 33.1 Å². The van der Waals surface area contributed by atoms with Gasteiger partial charge in [0.05, 0.1) is 4.92 Å². The highest BCUT2D eigenvalue weighted by atomic mass is 16.6. The molecule has 0 saturated carbocycles. The van der Waals surface area contributed by atoms with Crippen molar-refractivity contribution < 1.29 is 14.5 Å². The Morgan fingerprint density at radius 1 is 1.13 bits per heavy atom. The lowest BCUT2D eigenvalue weighted by molar-refractivity contribution is -0.386. The number of hydrogen-bond donors (Lipinski definition) is 1. The number of carbonyl (C=O) groups excluding carboxylic acids is 2. The topological polar surface area (TPSA) is 110 Å². The van der Waals surface area contributed by atoms with E-state index in [1.165, 1.54) is 11.6 Å². The first-order valence-electron chi connectivity index (χ1n) is 9.83. The van der Waals surface area contributed by atoms with Crippen LogP contribution in [0.4, 0.5) is 17.1 Å². The summed E-state index contributed by atoms with van der Waals surface area (Å²) in [5, 5.41) is 17.9. The van der Waals surface area contributed by atoms with Crippen LogP contribution in [-0.2, 0) is 17.8 Å². The van der Waals surface area contributed by atoms with Gasteiger partial charge < -0.3 is 10.2 Å². The second kappa shape index (κ2) is 8.02. The van der Waals surface area contributed by atoms with Gasteiger partial charge in [-0.25, -0.2) is 0 Å². The number of hydrogen-bond acceptors (Lipinski definition) is 5. The molecule has 1 aromatic heterocycles. The number of fused-ring (bicyclic) bond motifs is 1. The minimum Gasteiger partial charge on any atom is -0.324 e. The smallest absolute Gasteiger partial charge is 0.312 e. The molecule has 4 rings (SSSR count). The molecule has 0 spiro atoms. The van der Waals surface area contributed by atoms with Crippen LogP contribution in [0, 0.1) is 24.0 Å². The van der Waals surface area contributed by atoms with Gasteiger partial charge in [-0.15, -0.1) is 0 Å². The summed E-state index contributed by atoms with van der Waals surface area (Å²) in [6, 6.07) is 14.5. The van der Waals surface area contributed by atoms with Gasteiger partial charge in [-0.05, 0) is 56.2 Å². The lowest BCUT2D eigenvalue weighted by Crippen LogP contribution is -2.28. The van der Waals surface area contributed by atoms with Crippen LogP contribution in [0.2, 0.25) is 0 Å². The number of nitrogens with zero attached hydrogens (tertiary/aromatic N) is 4. The molecule has 3 aromatic rings. The third-order valence-corrected chi connectivity index (χ3v) is 5.37. The molecule has 0 aliphatic carbocycles. The Kier molecular flexibility index (Phi) is 5.24. The number of aryl methyl sites for hydroxylation is 1. The second-order valence-electron chi connectivity index (χ2n) is 7.40. The Morgan fingerprint density at radius 3 is 2.52 bits per heavy atom. The summed E-state index contributed by atoms with van der Waals surface area (Å²) in [6.45, 7) is 3.59. The van der Waals surface area contributed by atoms with Crippen LogP contribution in [0.5, 0.6) is 0 Å². The molecule has 0 fully saturated rings. The zero-order valence-electron chi connectivity index (χ0n) is 17.2. The van der Waals surface area contributed by atoms with E-state index in [1.807, 2.05) is 24.3 Å². The standard InChI is InChI=1S/C22H21N5O4/c1-14-21(27(30)31)15(2)26(24-14)13-20(28)23-18-9-7-17(8-10-18)22(29)25-12-11-16-5-3-4-6-19(16)25/h3-10H,11-13H2,1-2H3,(H,23,28). The van der Waals surface area contributed by atoms with Crippen molar-refractivity contribution in [3.8, 4) is 0 Å². The molecule has 2 heterocycles. The molecule has 0 unspecified atom stereocenters. The number of nitrogens with one attached hydrogen (secondary N) is 1. The predicted octanol–water partition coefficient (Wildman–Crippen LogP) is 3.25. The van der Waals surface area contributed by atoms with Crippen LogP contribution in [0.3, 0.4) is 0 Å². The fourth-order valence-corrected chi connectivity index (χ4v) is 3.84. The largest absolute Gasteiger partial charge is 0.324 e. The number of para-hydroxylation sites is 1. The molecular weight excluding hydrogens is 398 g/mol. The van der Waals surface area contributed by atoms with E-state index in [0.717, 1.165) is 17.7 Å². The molecule has 158 valence electrons. The quantitative estimate of drug-likeness (QED) is 0.504. The van der Waals surface area contributed by atoms with Gasteiger partial charge in [-0.1, -0.05) is 18.2 Å². The second-order valence-corrected chi connectivity index (χ2v) is 7.40. The third kappa shape index (κ3) is 3.89. The van der Waals surface area contributed by atoms with Gasteiger partial charge in [0.15, 0.2) is 0 Å². The van der Waals surface area contributed by atoms with E-state index in [1.54, 1.807) is 36.1 Å². The summed E-state index contributed by atoms with van der Waals surface area (Å²) in [6.07, 6.45) is 0.834. The van der Waals surface area contributed by atoms with Crippen molar-refractivity contribution >= 4 is 28.9 Å². The number of rotatable bonds is 5. The van der Waals surface area contributed by atoms with Crippen molar-refractivity contribution in [3.05, 3.63) is 81.2 Å². The molecule has 2 amide bonds. The Hall–Kier alpha value is -4.01. The number of aromatic nitrogens is 2. The summed E-state index contributed by atoms with van der Waals surface area (Å²) in [4.78, 5) is 37.6. The molecule has 0 bridgehead atoms. The van der Waals surface area contributed by atoms with Crippen LogP contribution in [0.25, 0.3) is 0 Å². The van der Waals surface area contributed by atoms with Gasteiger partial charge in [0.1, 0.15) is 17.9 Å². The van der Waals surface area contributed by atoms with Crippen LogP contribution in [0.15, 0.2) is 48.5 Å². The first-order valence-corrected chi connectivity index (χ1v) is 9.83. The maximum Gasteiger partial charge on any atom is 0.312 e. The monoisotopic (exact) mass is 419 g/mol. The highest BCUT2D eigenvalue weighted by Gasteiger charge is 2.25. The van der Waals surface area contributed by atoms with Crippen LogP contribution in [0.1, 0.15) is 27.3 Å². The van der Waals surface area contributed by atoms with Gasteiger partial charge >= 0.3 is 5.69 Å². The molecule has 0 saturated heterocycles. The molecule has 2 aromatic carbocycles. The molecule has 1 aliphatic heterocycles. The fourth-order valence-electron chi connectivity index (χ4n) is 3.84. The maximum atomic E-state index is 12.9. The average molecular weight is 419 g/mol. The molecule has 1 N–H and O–H groups in total. The minimum absolute atomic E-state index is 0.0841. The van der Waals surface area contributed by atoms with E-state index >= 15 is 0 Å². The Labute approximate surface area is 178 Å². The van der Waals surface area contributed by atoms with Gasteiger partial charge in [0, 0.05) is 23.5 Å². The van der Waals surface area contributed by atoms with Crippen LogP contribution >= 0.6 is 0 Å². The van der Waals surface area contributed by atoms with E-state index in [9.17, 15) is 19.7 Å². The Bertz CT molecular complexity index is 1180. The van der Waals surface area contributed by atoms with E-state index in [-0.39, 0.29) is 29.7 Å². The predicted molar refractivity (Wildman–Crippen MR) is 115 cm³/mol. The fraction of sp³-hybridized carbons (Fsp3) is 0.227. The number of nitro groups is 1. The van der Waals surface area contributed by atoms with E-state index in [0.29, 0.717) is 23.5 Å². The molecule has 0 atom stereocenters. The van der Waals surface area contributed by atoms with Gasteiger partial charge in [-0.2, -0.15) is 5.10 Å². The normalized spacial score (nSPS) is 12.5. The zero-order valence-corrected chi connectivity index (χ0v) is 17.2. The molecule has 1 aliphatic rings. The summed E-state index contributed by atoms with van der Waals surface area (Å²) in [5.41, 5.74) is 3.65. The summed E-state index contributed by atoms with van der Waals surface area (Å²) < 4.78 is 1.31. The molecule has 0 radical (unpaired) electrons.